The molecule has 1 aliphatic rings. The van der Waals surface area contributed by atoms with Crippen LogP contribution in [-0.2, 0) is 6.42 Å². The predicted octanol–water partition coefficient (Wildman–Crippen LogP) is 3.82. The van der Waals surface area contributed by atoms with Crippen molar-refractivity contribution in [3.63, 3.8) is 0 Å². The molecule has 0 radical (unpaired) electrons. The minimum Gasteiger partial charge on any atom is -0.497 e. The SMILES string of the molecule is COc1cccc(C(=O)NC[C@@H](c2ccco2)N2CCc3ccccc32)c1. The van der Waals surface area contributed by atoms with Crippen LogP contribution in [0.25, 0.3) is 0 Å². The standard InChI is InChI=1S/C22H22N2O3/c1-26-18-8-4-7-17(14-18)22(25)23-15-20(21-10-5-13-27-21)24-12-11-16-6-2-3-9-19(16)24/h2-10,13-14,20H,11-12,15H2,1H3,(H,23,25)/t20-/m0/s1. The Bertz CT molecular complexity index is 921. The molecule has 0 fully saturated rings. The van der Waals surface area contributed by atoms with E-state index in [1.54, 1.807) is 25.5 Å². The summed E-state index contributed by atoms with van der Waals surface area (Å²) in [7, 11) is 1.59. The highest BCUT2D eigenvalue weighted by molar-refractivity contribution is 5.94. The molecule has 2 heterocycles. The number of methoxy groups -OCH3 is 1. The largest absolute Gasteiger partial charge is 0.497 e. The lowest BCUT2D eigenvalue weighted by molar-refractivity contribution is 0.0950. The number of hydrogen-bond donors (Lipinski definition) is 1. The average molecular weight is 362 g/mol. The molecule has 3 aromatic rings. The first-order valence-electron chi connectivity index (χ1n) is 9.06. The van der Waals surface area contributed by atoms with Gasteiger partial charge >= 0.3 is 0 Å². The maximum Gasteiger partial charge on any atom is 0.251 e. The van der Waals surface area contributed by atoms with Crippen LogP contribution in [0, 0.1) is 0 Å². The molecule has 2 aromatic carbocycles. The maximum absolute atomic E-state index is 12.6. The van der Waals surface area contributed by atoms with Crippen LogP contribution in [0.2, 0.25) is 0 Å². The summed E-state index contributed by atoms with van der Waals surface area (Å²) in [5.41, 5.74) is 3.11. The van der Waals surface area contributed by atoms with E-state index < -0.39 is 0 Å². The lowest BCUT2D eigenvalue weighted by Crippen LogP contribution is -2.37. The third-order valence-corrected chi connectivity index (χ3v) is 4.96. The smallest absolute Gasteiger partial charge is 0.251 e. The molecule has 27 heavy (non-hydrogen) atoms. The van der Waals surface area contributed by atoms with Crippen molar-refractivity contribution < 1.29 is 13.9 Å². The van der Waals surface area contributed by atoms with Crippen LogP contribution in [0.15, 0.2) is 71.3 Å². The first-order valence-corrected chi connectivity index (χ1v) is 9.06. The van der Waals surface area contributed by atoms with E-state index in [-0.39, 0.29) is 11.9 Å². The zero-order valence-corrected chi connectivity index (χ0v) is 15.2. The number of benzene rings is 2. The molecule has 0 saturated carbocycles. The van der Waals surface area contributed by atoms with E-state index in [2.05, 4.69) is 28.4 Å². The molecule has 1 aliphatic heterocycles. The molecule has 0 unspecified atom stereocenters. The molecule has 5 heteroatoms. The minimum atomic E-state index is -0.127. The number of ether oxygens (including phenoxy) is 1. The van der Waals surface area contributed by atoms with Gasteiger partial charge in [-0.05, 0) is 48.4 Å². The van der Waals surface area contributed by atoms with Crippen molar-refractivity contribution in [3.05, 3.63) is 83.8 Å². The number of amides is 1. The van der Waals surface area contributed by atoms with Crippen molar-refractivity contribution in [3.8, 4) is 5.75 Å². The van der Waals surface area contributed by atoms with E-state index >= 15 is 0 Å². The summed E-state index contributed by atoms with van der Waals surface area (Å²) in [4.78, 5) is 14.9. The number of rotatable bonds is 6. The van der Waals surface area contributed by atoms with Gasteiger partial charge in [0.05, 0.1) is 13.4 Å². The van der Waals surface area contributed by atoms with Crippen LogP contribution >= 0.6 is 0 Å². The van der Waals surface area contributed by atoms with Crippen molar-refractivity contribution in [2.75, 3.05) is 25.1 Å². The van der Waals surface area contributed by atoms with Crippen LogP contribution in [0.1, 0.15) is 27.7 Å². The van der Waals surface area contributed by atoms with Gasteiger partial charge in [0.15, 0.2) is 0 Å². The number of nitrogens with one attached hydrogen (secondary N) is 1. The minimum absolute atomic E-state index is 0.0572. The molecule has 0 spiro atoms. The number of anilines is 1. The van der Waals surface area contributed by atoms with Crippen molar-refractivity contribution in [1.82, 2.24) is 5.32 Å². The van der Waals surface area contributed by atoms with Gasteiger partial charge in [0.1, 0.15) is 17.6 Å². The van der Waals surface area contributed by atoms with Crippen molar-refractivity contribution in [2.24, 2.45) is 0 Å². The fourth-order valence-corrected chi connectivity index (χ4v) is 3.59. The average Bonchev–Trinajstić information content (AvgIpc) is 3.39. The molecule has 0 aliphatic carbocycles. The second-order valence-electron chi connectivity index (χ2n) is 6.55. The summed E-state index contributed by atoms with van der Waals surface area (Å²) in [6, 6.07) is 19.3. The highest BCUT2D eigenvalue weighted by Crippen LogP contribution is 2.35. The number of hydrogen-bond acceptors (Lipinski definition) is 4. The van der Waals surface area contributed by atoms with Gasteiger partial charge in [0.25, 0.3) is 5.91 Å². The maximum atomic E-state index is 12.6. The van der Waals surface area contributed by atoms with Crippen LogP contribution in [0.5, 0.6) is 5.75 Å². The number of fused-ring (bicyclic) bond motifs is 1. The van der Waals surface area contributed by atoms with Crippen molar-refractivity contribution in [1.29, 1.82) is 0 Å². The quantitative estimate of drug-likeness (QED) is 0.724. The van der Waals surface area contributed by atoms with E-state index in [1.165, 1.54) is 11.3 Å². The Labute approximate surface area is 158 Å². The first-order chi connectivity index (χ1) is 13.3. The molecular weight excluding hydrogens is 340 g/mol. The molecular formula is C22H22N2O3. The van der Waals surface area contributed by atoms with E-state index in [0.29, 0.717) is 17.9 Å². The Hall–Kier alpha value is -3.21. The summed E-state index contributed by atoms with van der Waals surface area (Å²) < 4.78 is 10.9. The number of nitrogens with zero attached hydrogens (tertiary/aromatic N) is 1. The van der Waals surface area contributed by atoms with Gasteiger partial charge in [-0.25, -0.2) is 0 Å². The van der Waals surface area contributed by atoms with Crippen LogP contribution in [-0.4, -0.2) is 26.1 Å². The molecule has 1 N–H and O–H groups in total. The van der Waals surface area contributed by atoms with E-state index in [4.69, 9.17) is 9.15 Å². The Morgan fingerprint density at radius 3 is 2.89 bits per heavy atom. The Balaban J connectivity index is 1.54. The fraction of sp³-hybridized carbons (Fsp3) is 0.227. The van der Waals surface area contributed by atoms with E-state index in [0.717, 1.165) is 18.7 Å². The molecule has 1 aromatic heterocycles. The highest BCUT2D eigenvalue weighted by Gasteiger charge is 2.29. The van der Waals surface area contributed by atoms with Gasteiger partial charge in [0, 0.05) is 24.3 Å². The molecule has 4 rings (SSSR count). The normalized spacial score (nSPS) is 13.9. The molecule has 0 bridgehead atoms. The third-order valence-electron chi connectivity index (χ3n) is 4.96. The summed E-state index contributed by atoms with van der Waals surface area (Å²) in [6.07, 6.45) is 2.67. The van der Waals surface area contributed by atoms with Gasteiger partial charge in [-0.15, -0.1) is 0 Å². The zero-order chi connectivity index (χ0) is 18.6. The van der Waals surface area contributed by atoms with E-state index in [9.17, 15) is 4.79 Å². The second kappa shape index (κ2) is 7.58. The fourth-order valence-electron chi connectivity index (χ4n) is 3.59. The topological polar surface area (TPSA) is 54.7 Å². The summed E-state index contributed by atoms with van der Waals surface area (Å²) in [5, 5.41) is 3.05. The lowest BCUT2D eigenvalue weighted by Gasteiger charge is -2.29. The monoisotopic (exact) mass is 362 g/mol. The zero-order valence-electron chi connectivity index (χ0n) is 15.2. The van der Waals surface area contributed by atoms with Gasteiger partial charge < -0.3 is 19.4 Å². The third kappa shape index (κ3) is 3.53. The molecule has 5 nitrogen and oxygen atoms in total. The van der Waals surface area contributed by atoms with E-state index in [1.807, 2.05) is 30.3 Å². The second-order valence-corrected chi connectivity index (χ2v) is 6.55. The van der Waals surface area contributed by atoms with Crippen LogP contribution in [0.3, 0.4) is 0 Å². The van der Waals surface area contributed by atoms with Crippen LogP contribution in [0.4, 0.5) is 5.69 Å². The molecule has 1 amide bonds. The number of furan rings is 1. The van der Waals surface area contributed by atoms with Crippen molar-refractivity contribution >= 4 is 11.6 Å². The van der Waals surface area contributed by atoms with Gasteiger partial charge in [0.2, 0.25) is 0 Å². The van der Waals surface area contributed by atoms with Gasteiger partial charge in [-0.3, -0.25) is 4.79 Å². The molecule has 138 valence electrons. The first kappa shape index (κ1) is 17.2. The van der Waals surface area contributed by atoms with Gasteiger partial charge in [-0.1, -0.05) is 24.3 Å². The molecule has 0 saturated heterocycles. The highest BCUT2D eigenvalue weighted by atomic mass is 16.5. The van der Waals surface area contributed by atoms with Crippen LogP contribution < -0.4 is 15.0 Å². The Morgan fingerprint density at radius 2 is 2.07 bits per heavy atom. The number of carbonyl (C=O) groups excluding carboxylic acids is 1. The summed E-state index contributed by atoms with van der Waals surface area (Å²) in [5.74, 6) is 1.38. The Morgan fingerprint density at radius 1 is 1.19 bits per heavy atom. The predicted molar refractivity (Wildman–Crippen MR) is 104 cm³/mol. The Kier molecular flexibility index (Phi) is 4.83. The summed E-state index contributed by atoms with van der Waals surface area (Å²) >= 11 is 0. The number of para-hydroxylation sites is 1. The number of carbonyl (C=O) groups is 1. The lowest BCUT2D eigenvalue weighted by atomic mass is 10.1. The summed E-state index contributed by atoms with van der Waals surface area (Å²) in [6.45, 7) is 1.36. The van der Waals surface area contributed by atoms with Crippen molar-refractivity contribution in [2.45, 2.75) is 12.5 Å². The van der Waals surface area contributed by atoms with Gasteiger partial charge in [-0.2, -0.15) is 0 Å². The molecule has 1 atom stereocenters.